The summed E-state index contributed by atoms with van der Waals surface area (Å²) >= 11 is 12.2. The van der Waals surface area contributed by atoms with Gasteiger partial charge in [0, 0.05) is 16.1 Å². The van der Waals surface area contributed by atoms with E-state index in [-0.39, 0.29) is 11.6 Å². The van der Waals surface area contributed by atoms with Crippen LogP contribution >= 0.6 is 23.2 Å². The molecule has 0 aliphatic heterocycles. The Bertz CT molecular complexity index is 814. The van der Waals surface area contributed by atoms with Crippen molar-refractivity contribution >= 4 is 29.0 Å². The Morgan fingerprint density at radius 1 is 1.05 bits per heavy atom. The van der Waals surface area contributed by atoms with Crippen molar-refractivity contribution in [3.63, 3.8) is 0 Å². The first-order valence-corrected chi connectivity index (χ1v) is 6.87. The molecule has 3 aromatic rings. The molecule has 0 saturated carbocycles. The second kappa shape index (κ2) is 5.39. The minimum absolute atomic E-state index is 0.200. The molecular formula is C15H10Cl2FN3. The summed E-state index contributed by atoms with van der Waals surface area (Å²) in [5.41, 5.74) is 7.86. The zero-order chi connectivity index (χ0) is 15.0. The van der Waals surface area contributed by atoms with E-state index in [1.807, 2.05) is 0 Å². The van der Waals surface area contributed by atoms with Crippen LogP contribution in [0.15, 0.2) is 42.5 Å². The molecule has 3 nitrogen and oxygen atoms in total. The summed E-state index contributed by atoms with van der Waals surface area (Å²) < 4.78 is 14.1. The molecule has 3 N–H and O–H groups in total. The summed E-state index contributed by atoms with van der Waals surface area (Å²) in [4.78, 5) is 0. The van der Waals surface area contributed by atoms with Gasteiger partial charge in [0.05, 0.1) is 16.3 Å². The number of anilines is 1. The van der Waals surface area contributed by atoms with Crippen molar-refractivity contribution < 1.29 is 4.39 Å². The fourth-order valence-corrected chi connectivity index (χ4v) is 2.56. The topological polar surface area (TPSA) is 54.7 Å². The van der Waals surface area contributed by atoms with Crippen molar-refractivity contribution in [1.29, 1.82) is 0 Å². The van der Waals surface area contributed by atoms with Crippen LogP contribution in [0.1, 0.15) is 0 Å². The van der Waals surface area contributed by atoms with Crippen LogP contribution in [0.25, 0.3) is 22.4 Å². The number of hydrogen-bond acceptors (Lipinski definition) is 2. The van der Waals surface area contributed by atoms with Crippen LogP contribution in [-0.4, -0.2) is 10.2 Å². The van der Waals surface area contributed by atoms with Crippen molar-refractivity contribution in [2.75, 3.05) is 5.73 Å². The number of benzene rings is 2. The van der Waals surface area contributed by atoms with Gasteiger partial charge in [0.1, 0.15) is 5.82 Å². The van der Waals surface area contributed by atoms with Gasteiger partial charge in [0.15, 0.2) is 5.82 Å². The highest BCUT2D eigenvalue weighted by Gasteiger charge is 2.19. The van der Waals surface area contributed by atoms with E-state index in [1.165, 1.54) is 6.07 Å². The molecule has 0 bridgehead atoms. The van der Waals surface area contributed by atoms with E-state index in [0.29, 0.717) is 32.4 Å². The van der Waals surface area contributed by atoms with E-state index < -0.39 is 0 Å². The number of rotatable bonds is 2. The first-order valence-electron chi connectivity index (χ1n) is 6.12. The molecule has 0 saturated heterocycles. The fourth-order valence-electron chi connectivity index (χ4n) is 2.18. The zero-order valence-corrected chi connectivity index (χ0v) is 12.2. The van der Waals surface area contributed by atoms with Crippen LogP contribution in [0.4, 0.5) is 10.2 Å². The summed E-state index contributed by atoms with van der Waals surface area (Å²) in [5, 5.41) is 7.75. The number of nitrogen functional groups attached to an aromatic ring is 1. The number of halogens is 3. The van der Waals surface area contributed by atoms with Crippen molar-refractivity contribution in [3.05, 3.63) is 58.3 Å². The van der Waals surface area contributed by atoms with E-state index >= 15 is 0 Å². The maximum Gasteiger partial charge on any atom is 0.153 e. The fraction of sp³-hybridized carbons (Fsp3) is 0. The quantitative estimate of drug-likeness (QED) is 0.714. The third-order valence-electron chi connectivity index (χ3n) is 3.14. The highest BCUT2D eigenvalue weighted by molar-refractivity contribution is 6.35. The van der Waals surface area contributed by atoms with Crippen LogP contribution in [0.2, 0.25) is 10.0 Å². The maximum atomic E-state index is 14.1. The minimum Gasteiger partial charge on any atom is -0.382 e. The number of aromatic amines is 1. The van der Waals surface area contributed by atoms with Crippen LogP contribution < -0.4 is 5.73 Å². The van der Waals surface area contributed by atoms with Gasteiger partial charge in [-0.25, -0.2) is 4.39 Å². The maximum absolute atomic E-state index is 14.1. The summed E-state index contributed by atoms with van der Waals surface area (Å²) in [6.07, 6.45) is 0. The average molecular weight is 322 g/mol. The van der Waals surface area contributed by atoms with Gasteiger partial charge in [-0.2, -0.15) is 5.10 Å². The molecule has 2 aromatic carbocycles. The van der Waals surface area contributed by atoms with Crippen LogP contribution in [0.3, 0.4) is 0 Å². The Labute approximate surface area is 130 Å². The normalized spacial score (nSPS) is 10.8. The minimum atomic E-state index is -0.384. The summed E-state index contributed by atoms with van der Waals surface area (Å²) in [6.45, 7) is 0. The molecule has 106 valence electrons. The molecule has 0 radical (unpaired) electrons. The van der Waals surface area contributed by atoms with Crippen molar-refractivity contribution in [2.45, 2.75) is 0 Å². The Balaban J connectivity index is 2.27. The predicted octanol–water partition coefficient (Wildman–Crippen LogP) is 4.77. The highest BCUT2D eigenvalue weighted by Crippen LogP contribution is 2.39. The SMILES string of the molecule is Nc1n[nH]c(-c2cc(Cl)ccc2Cl)c1-c1ccccc1F. The number of aromatic nitrogens is 2. The summed E-state index contributed by atoms with van der Waals surface area (Å²) in [5.74, 6) is -0.184. The molecule has 0 fully saturated rings. The van der Waals surface area contributed by atoms with Crippen molar-refractivity contribution in [3.8, 4) is 22.4 Å². The van der Waals surface area contributed by atoms with Gasteiger partial charge in [0.2, 0.25) is 0 Å². The standard InChI is InChI=1S/C15H10Cl2FN3/c16-8-5-6-11(17)10(7-8)14-13(15(19)21-20-14)9-3-1-2-4-12(9)18/h1-7H,(H3,19,20,21). The lowest BCUT2D eigenvalue weighted by molar-refractivity contribution is 0.631. The average Bonchev–Trinajstić information content (AvgIpc) is 2.84. The van der Waals surface area contributed by atoms with E-state index in [9.17, 15) is 4.39 Å². The highest BCUT2D eigenvalue weighted by atomic mass is 35.5. The van der Waals surface area contributed by atoms with Crippen LogP contribution in [0.5, 0.6) is 0 Å². The number of nitrogens with zero attached hydrogens (tertiary/aromatic N) is 1. The van der Waals surface area contributed by atoms with Gasteiger partial charge in [-0.1, -0.05) is 41.4 Å². The van der Waals surface area contributed by atoms with Crippen LogP contribution in [-0.2, 0) is 0 Å². The lowest BCUT2D eigenvalue weighted by Crippen LogP contribution is -1.91. The predicted molar refractivity (Wildman–Crippen MR) is 83.9 cm³/mol. The van der Waals surface area contributed by atoms with Gasteiger partial charge in [-0.15, -0.1) is 0 Å². The molecule has 0 aliphatic carbocycles. The molecule has 21 heavy (non-hydrogen) atoms. The number of hydrogen-bond donors (Lipinski definition) is 2. The zero-order valence-electron chi connectivity index (χ0n) is 10.7. The largest absolute Gasteiger partial charge is 0.382 e. The molecular weight excluding hydrogens is 312 g/mol. The van der Waals surface area contributed by atoms with Crippen LogP contribution in [0, 0.1) is 5.82 Å². The number of nitrogens with two attached hydrogens (primary N) is 1. The van der Waals surface area contributed by atoms with Crippen molar-refractivity contribution in [1.82, 2.24) is 10.2 Å². The number of nitrogens with one attached hydrogen (secondary N) is 1. The van der Waals surface area contributed by atoms with E-state index in [4.69, 9.17) is 28.9 Å². The van der Waals surface area contributed by atoms with Gasteiger partial charge in [-0.3, -0.25) is 5.10 Å². The molecule has 1 heterocycles. The molecule has 1 aromatic heterocycles. The molecule has 6 heteroatoms. The molecule has 0 spiro atoms. The third kappa shape index (κ3) is 2.48. The monoisotopic (exact) mass is 321 g/mol. The lowest BCUT2D eigenvalue weighted by Gasteiger charge is -2.08. The molecule has 0 aliphatic rings. The summed E-state index contributed by atoms with van der Waals surface area (Å²) in [6, 6.07) is 11.4. The van der Waals surface area contributed by atoms with Gasteiger partial charge < -0.3 is 5.73 Å². The van der Waals surface area contributed by atoms with Gasteiger partial charge in [0.25, 0.3) is 0 Å². The van der Waals surface area contributed by atoms with Gasteiger partial charge >= 0.3 is 0 Å². The van der Waals surface area contributed by atoms with E-state index in [0.717, 1.165) is 0 Å². The Morgan fingerprint density at radius 2 is 1.81 bits per heavy atom. The second-order valence-corrected chi connectivity index (χ2v) is 5.31. The lowest BCUT2D eigenvalue weighted by atomic mass is 10.0. The Hall–Kier alpha value is -2.04. The molecule has 0 amide bonds. The third-order valence-corrected chi connectivity index (χ3v) is 3.70. The molecule has 0 unspecified atom stereocenters. The van der Waals surface area contributed by atoms with Crippen molar-refractivity contribution in [2.24, 2.45) is 0 Å². The first kappa shape index (κ1) is 13.9. The Morgan fingerprint density at radius 3 is 2.57 bits per heavy atom. The molecule has 0 atom stereocenters. The second-order valence-electron chi connectivity index (χ2n) is 4.46. The Kier molecular flexibility index (Phi) is 3.57. The number of H-pyrrole nitrogens is 1. The first-order chi connectivity index (χ1) is 10.1. The van der Waals surface area contributed by atoms with E-state index in [1.54, 1.807) is 36.4 Å². The van der Waals surface area contributed by atoms with Gasteiger partial charge in [-0.05, 0) is 24.3 Å². The van der Waals surface area contributed by atoms with E-state index in [2.05, 4.69) is 10.2 Å². The summed E-state index contributed by atoms with van der Waals surface area (Å²) in [7, 11) is 0. The molecule has 3 rings (SSSR count). The smallest absolute Gasteiger partial charge is 0.153 e.